The van der Waals surface area contributed by atoms with E-state index < -0.39 is 5.97 Å². The molecule has 0 atom stereocenters. The summed E-state index contributed by atoms with van der Waals surface area (Å²) in [6.07, 6.45) is 3.35. The van der Waals surface area contributed by atoms with Crippen molar-refractivity contribution in [1.82, 2.24) is 4.57 Å². The molecule has 1 N–H and O–H groups in total. The summed E-state index contributed by atoms with van der Waals surface area (Å²) in [7, 11) is 0. The van der Waals surface area contributed by atoms with Gasteiger partial charge in [0.25, 0.3) is 0 Å². The SMILES string of the molecule is CC(C)(C)OCCn1ccc(C(=O)O)c1. The molecule has 4 nitrogen and oxygen atoms in total. The van der Waals surface area contributed by atoms with E-state index in [0.29, 0.717) is 18.7 Å². The predicted molar refractivity (Wildman–Crippen MR) is 57.1 cm³/mol. The Kier molecular flexibility index (Phi) is 3.52. The van der Waals surface area contributed by atoms with Crippen molar-refractivity contribution in [2.45, 2.75) is 32.9 Å². The number of hydrogen-bond donors (Lipinski definition) is 1. The second-order valence-electron chi connectivity index (χ2n) is 4.40. The molecule has 1 rings (SSSR count). The molecule has 1 heterocycles. The lowest BCUT2D eigenvalue weighted by atomic mass is 10.2. The van der Waals surface area contributed by atoms with E-state index in [1.54, 1.807) is 18.5 Å². The molecule has 0 unspecified atom stereocenters. The number of carbonyl (C=O) groups is 1. The number of aromatic carboxylic acids is 1. The van der Waals surface area contributed by atoms with Crippen molar-refractivity contribution >= 4 is 5.97 Å². The van der Waals surface area contributed by atoms with E-state index in [9.17, 15) is 4.79 Å². The fourth-order valence-electron chi connectivity index (χ4n) is 1.16. The fourth-order valence-corrected chi connectivity index (χ4v) is 1.16. The van der Waals surface area contributed by atoms with Crippen molar-refractivity contribution in [2.75, 3.05) is 6.61 Å². The van der Waals surface area contributed by atoms with Gasteiger partial charge in [0.15, 0.2) is 0 Å². The van der Waals surface area contributed by atoms with Crippen molar-refractivity contribution in [1.29, 1.82) is 0 Å². The summed E-state index contributed by atoms with van der Waals surface area (Å²) in [6, 6.07) is 1.58. The number of hydrogen-bond acceptors (Lipinski definition) is 2. The van der Waals surface area contributed by atoms with Crippen LogP contribution in [0.4, 0.5) is 0 Å². The van der Waals surface area contributed by atoms with E-state index in [1.165, 1.54) is 0 Å². The van der Waals surface area contributed by atoms with Crippen molar-refractivity contribution < 1.29 is 14.6 Å². The molecule has 4 heteroatoms. The van der Waals surface area contributed by atoms with Gasteiger partial charge in [0, 0.05) is 18.9 Å². The maximum atomic E-state index is 10.6. The number of rotatable bonds is 4. The van der Waals surface area contributed by atoms with Crippen LogP contribution in [0.2, 0.25) is 0 Å². The van der Waals surface area contributed by atoms with E-state index in [4.69, 9.17) is 9.84 Å². The molecular formula is C11H17NO3. The molecule has 15 heavy (non-hydrogen) atoms. The van der Waals surface area contributed by atoms with Gasteiger partial charge in [-0.1, -0.05) is 0 Å². The highest BCUT2D eigenvalue weighted by atomic mass is 16.5. The smallest absolute Gasteiger partial charge is 0.337 e. The average Bonchev–Trinajstić information content (AvgIpc) is 2.50. The quantitative estimate of drug-likeness (QED) is 0.828. The van der Waals surface area contributed by atoms with Gasteiger partial charge in [-0.05, 0) is 26.8 Å². The highest BCUT2D eigenvalue weighted by Gasteiger charge is 2.09. The highest BCUT2D eigenvalue weighted by molar-refractivity contribution is 5.87. The minimum absolute atomic E-state index is 0.150. The molecule has 0 aromatic carbocycles. The zero-order chi connectivity index (χ0) is 11.5. The first-order valence-corrected chi connectivity index (χ1v) is 4.91. The molecule has 0 aliphatic rings. The standard InChI is InChI=1S/C11H17NO3/c1-11(2,3)15-7-6-12-5-4-9(8-12)10(13)14/h4-5,8H,6-7H2,1-3H3,(H,13,14). The van der Waals surface area contributed by atoms with Gasteiger partial charge in [0.1, 0.15) is 0 Å². The van der Waals surface area contributed by atoms with Crippen LogP contribution in [0.1, 0.15) is 31.1 Å². The third-order valence-corrected chi connectivity index (χ3v) is 1.88. The summed E-state index contributed by atoms with van der Waals surface area (Å²) >= 11 is 0. The van der Waals surface area contributed by atoms with E-state index in [0.717, 1.165) is 0 Å². The molecule has 0 saturated heterocycles. The molecule has 1 aromatic heterocycles. The van der Waals surface area contributed by atoms with Crippen molar-refractivity contribution in [3.63, 3.8) is 0 Å². The van der Waals surface area contributed by atoms with E-state index in [2.05, 4.69) is 0 Å². The Labute approximate surface area is 89.5 Å². The normalized spacial score (nSPS) is 11.7. The van der Waals surface area contributed by atoms with Crippen LogP contribution in [0.15, 0.2) is 18.5 Å². The molecule has 0 radical (unpaired) electrons. The summed E-state index contributed by atoms with van der Waals surface area (Å²) in [5.41, 5.74) is 0.161. The lowest BCUT2D eigenvalue weighted by molar-refractivity contribution is -0.00681. The van der Waals surface area contributed by atoms with E-state index in [-0.39, 0.29) is 5.60 Å². The van der Waals surface area contributed by atoms with Gasteiger partial charge in [-0.15, -0.1) is 0 Å². The second-order valence-corrected chi connectivity index (χ2v) is 4.40. The highest BCUT2D eigenvalue weighted by Crippen LogP contribution is 2.07. The van der Waals surface area contributed by atoms with Crippen LogP contribution >= 0.6 is 0 Å². The topological polar surface area (TPSA) is 51.5 Å². The molecule has 0 saturated carbocycles. The maximum absolute atomic E-state index is 10.6. The van der Waals surface area contributed by atoms with E-state index >= 15 is 0 Å². The molecule has 0 aliphatic carbocycles. The molecule has 0 bridgehead atoms. The maximum Gasteiger partial charge on any atom is 0.337 e. The first-order valence-electron chi connectivity index (χ1n) is 4.91. The van der Waals surface area contributed by atoms with Crippen molar-refractivity contribution in [2.24, 2.45) is 0 Å². The number of ether oxygens (including phenoxy) is 1. The largest absolute Gasteiger partial charge is 0.478 e. The zero-order valence-corrected chi connectivity index (χ0v) is 9.36. The van der Waals surface area contributed by atoms with Gasteiger partial charge in [0.05, 0.1) is 17.8 Å². The van der Waals surface area contributed by atoms with Crippen LogP contribution in [0.25, 0.3) is 0 Å². The summed E-state index contributed by atoms with van der Waals surface area (Å²) in [4.78, 5) is 10.6. The van der Waals surface area contributed by atoms with Crippen molar-refractivity contribution in [3.8, 4) is 0 Å². The molecule has 84 valence electrons. The van der Waals surface area contributed by atoms with Gasteiger partial charge in [0.2, 0.25) is 0 Å². The first-order chi connectivity index (χ1) is 6.88. The van der Waals surface area contributed by atoms with Gasteiger partial charge in [-0.25, -0.2) is 4.79 Å². The molecule has 1 aromatic rings. The molecule has 0 aliphatic heterocycles. The Morgan fingerprint density at radius 3 is 2.67 bits per heavy atom. The van der Waals surface area contributed by atoms with Crippen LogP contribution in [-0.4, -0.2) is 27.9 Å². The monoisotopic (exact) mass is 211 g/mol. The van der Waals surface area contributed by atoms with Crippen LogP contribution in [0, 0.1) is 0 Å². The third-order valence-electron chi connectivity index (χ3n) is 1.88. The van der Waals surface area contributed by atoms with Gasteiger partial charge in [-0.3, -0.25) is 0 Å². The molecule has 0 amide bonds. The third kappa shape index (κ3) is 4.16. The Balaban J connectivity index is 2.41. The Morgan fingerprint density at radius 1 is 1.53 bits per heavy atom. The van der Waals surface area contributed by atoms with Crippen LogP contribution in [-0.2, 0) is 11.3 Å². The fraction of sp³-hybridized carbons (Fsp3) is 0.545. The van der Waals surface area contributed by atoms with Crippen LogP contribution in [0.3, 0.4) is 0 Å². The number of aromatic nitrogens is 1. The number of carboxylic acid groups (broad SMARTS) is 1. The minimum Gasteiger partial charge on any atom is -0.478 e. The van der Waals surface area contributed by atoms with Crippen LogP contribution in [0.5, 0.6) is 0 Å². The van der Waals surface area contributed by atoms with Gasteiger partial charge >= 0.3 is 5.97 Å². The lowest BCUT2D eigenvalue weighted by Crippen LogP contribution is -2.21. The summed E-state index contributed by atoms with van der Waals surface area (Å²) in [6.45, 7) is 7.23. The Bertz CT molecular complexity index is 336. The second kappa shape index (κ2) is 4.49. The first kappa shape index (κ1) is 11.8. The van der Waals surface area contributed by atoms with Crippen LogP contribution < -0.4 is 0 Å². The molecule has 0 fully saturated rings. The minimum atomic E-state index is -0.898. The Morgan fingerprint density at radius 2 is 2.20 bits per heavy atom. The zero-order valence-electron chi connectivity index (χ0n) is 9.36. The summed E-state index contributed by atoms with van der Waals surface area (Å²) in [5, 5.41) is 8.71. The van der Waals surface area contributed by atoms with Crippen molar-refractivity contribution in [3.05, 3.63) is 24.0 Å². The molecular weight excluding hydrogens is 194 g/mol. The lowest BCUT2D eigenvalue weighted by Gasteiger charge is -2.19. The number of nitrogens with zero attached hydrogens (tertiary/aromatic N) is 1. The van der Waals surface area contributed by atoms with E-state index in [1.807, 2.05) is 25.3 Å². The molecule has 0 spiro atoms. The predicted octanol–water partition coefficient (Wildman–Crippen LogP) is 2.00. The average molecular weight is 211 g/mol. The summed E-state index contributed by atoms with van der Waals surface area (Å²) < 4.78 is 7.35. The Hall–Kier alpha value is -1.29. The summed E-state index contributed by atoms with van der Waals surface area (Å²) in [5.74, 6) is -0.898. The van der Waals surface area contributed by atoms with Gasteiger partial charge < -0.3 is 14.4 Å². The number of carboxylic acids is 1. The van der Waals surface area contributed by atoms with Gasteiger partial charge in [-0.2, -0.15) is 0 Å².